The molecule has 0 spiro atoms. The Morgan fingerprint density at radius 3 is 2.21 bits per heavy atom. The predicted molar refractivity (Wildman–Crippen MR) is 128 cm³/mol. The van der Waals surface area contributed by atoms with Crippen LogP contribution in [-0.2, 0) is 14.3 Å². The molecule has 0 aromatic heterocycles. The summed E-state index contributed by atoms with van der Waals surface area (Å²) in [5, 5.41) is 14.9. The van der Waals surface area contributed by atoms with Crippen LogP contribution in [0.3, 0.4) is 0 Å². The number of rotatable bonds is 8. The maximum absolute atomic E-state index is 12.7. The molecule has 2 aromatic rings. The average Bonchev–Trinajstić information content (AvgIpc) is 3.37. The van der Waals surface area contributed by atoms with Crippen LogP contribution in [0, 0.1) is 11.8 Å². The van der Waals surface area contributed by atoms with Gasteiger partial charge in [-0.1, -0.05) is 68.8 Å². The van der Waals surface area contributed by atoms with Crippen LogP contribution in [0.2, 0.25) is 0 Å². The van der Waals surface area contributed by atoms with E-state index in [-0.39, 0.29) is 42.7 Å². The third-order valence-electron chi connectivity index (χ3n) is 7.00. The van der Waals surface area contributed by atoms with Crippen molar-refractivity contribution < 1.29 is 24.2 Å². The summed E-state index contributed by atoms with van der Waals surface area (Å²) in [5.41, 5.74) is 4.67. The first kappa shape index (κ1) is 23.8. The molecule has 0 aliphatic heterocycles. The summed E-state index contributed by atoms with van der Waals surface area (Å²) in [4.78, 5) is 36.5. The number of amides is 2. The summed E-state index contributed by atoms with van der Waals surface area (Å²) in [6.45, 7) is 3.76. The monoisotopic (exact) mass is 464 g/mol. The van der Waals surface area contributed by atoms with Gasteiger partial charge in [-0.15, -0.1) is 0 Å². The minimum absolute atomic E-state index is 0.00714. The van der Waals surface area contributed by atoms with Crippen molar-refractivity contribution in [2.24, 2.45) is 11.8 Å². The molecule has 34 heavy (non-hydrogen) atoms. The predicted octanol–water partition coefficient (Wildman–Crippen LogP) is 4.31. The van der Waals surface area contributed by atoms with E-state index in [0.717, 1.165) is 30.4 Å². The van der Waals surface area contributed by atoms with E-state index in [9.17, 15) is 19.5 Å². The number of benzene rings is 2. The first-order valence-corrected chi connectivity index (χ1v) is 12.0. The molecule has 2 aliphatic rings. The van der Waals surface area contributed by atoms with Gasteiger partial charge in [0.1, 0.15) is 12.6 Å². The van der Waals surface area contributed by atoms with Gasteiger partial charge in [0.05, 0.1) is 0 Å². The highest BCUT2D eigenvalue weighted by Gasteiger charge is 2.33. The Morgan fingerprint density at radius 1 is 1.00 bits per heavy atom. The van der Waals surface area contributed by atoms with Crippen LogP contribution >= 0.6 is 0 Å². The molecule has 3 atom stereocenters. The zero-order chi connectivity index (χ0) is 24.2. The Bertz CT molecular complexity index is 1020. The second-order valence-electron chi connectivity index (χ2n) is 9.60. The third-order valence-corrected chi connectivity index (χ3v) is 7.00. The van der Waals surface area contributed by atoms with Crippen LogP contribution in [0.4, 0.5) is 4.79 Å². The zero-order valence-electron chi connectivity index (χ0n) is 19.6. The minimum atomic E-state index is -1.04. The summed E-state index contributed by atoms with van der Waals surface area (Å²) in [6, 6.07) is 15.3. The minimum Gasteiger partial charge on any atom is -0.480 e. The number of hydrogen-bond donors (Lipinski definition) is 3. The lowest BCUT2D eigenvalue weighted by molar-refractivity contribution is -0.143. The van der Waals surface area contributed by atoms with Crippen molar-refractivity contribution in [1.82, 2.24) is 10.6 Å². The van der Waals surface area contributed by atoms with Crippen molar-refractivity contribution in [3.63, 3.8) is 0 Å². The standard InChI is InChI=1S/C27H32N2O5/c1-16(2)25(26(31)32)29-24(30)14-17-8-7-13-23(17)28-27(33)34-15-22-20-11-5-3-9-18(20)19-10-4-6-12-21(19)22/h3-6,9-12,16-17,22-23,25H,7-8,13-15H2,1-2H3,(H,28,33)(H,29,30)(H,31,32)/t17-,23+,25?/m0/s1. The molecule has 180 valence electrons. The highest BCUT2D eigenvalue weighted by molar-refractivity contribution is 5.84. The van der Waals surface area contributed by atoms with Crippen LogP contribution in [0.25, 0.3) is 11.1 Å². The lowest BCUT2D eigenvalue weighted by Crippen LogP contribution is -2.46. The van der Waals surface area contributed by atoms with Crippen molar-refractivity contribution in [3.05, 3.63) is 59.7 Å². The van der Waals surface area contributed by atoms with Gasteiger partial charge in [0.15, 0.2) is 0 Å². The lowest BCUT2D eigenvalue weighted by atomic mass is 9.98. The van der Waals surface area contributed by atoms with E-state index in [1.807, 2.05) is 24.3 Å². The van der Waals surface area contributed by atoms with Gasteiger partial charge in [0.25, 0.3) is 0 Å². The molecule has 2 amide bonds. The Labute approximate surface area is 199 Å². The van der Waals surface area contributed by atoms with Crippen LogP contribution in [0.15, 0.2) is 48.5 Å². The van der Waals surface area contributed by atoms with E-state index in [1.165, 1.54) is 11.1 Å². The third kappa shape index (κ3) is 5.08. The second-order valence-corrected chi connectivity index (χ2v) is 9.60. The Morgan fingerprint density at radius 2 is 1.62 bits per heavy atom. The first-order chi connectivity index (χ1) is 16.3. The number of ether oxygens (including phenoxy) is 1. The Hall–Kier alpha value is -3.35. The highest BCUT2D eigenvalue weighted by atomic mass is 16.5. The van der Waals surface area contributed by atoms with Gasteiger partial charge < -0.3 is 20.5 Å². The number of nitrogens with one attached hydrogen (secondary N) is 2. The SMILES string of the molecule is CC(C)C(NC(=O)C[C@@H]1CCC[C@H]1NC(=O)OCC1c2ccccc2-c2ccccc21)C(=O)O. The van der Waals surface area contributed by atoms with Crippen molar-refractivity contribution >= 4 is 18.0 Å². The van der Waals surface area contributed by atoms with E-state index < -0.39 is 18.1 Å². The Balaban J connectivity index is 1.33. The largest absolute Gasteiger partial charge is 0.480 e. The number of hydrogen-bond acceptors (Lipinski definition) is 4. The number of carboxylic acids is 1. The first-order valence-electron chi connectivity index (χ1n) is 12.0. The van der Waals surface area contributed by atoms with E-state index in [0.29, 0.717) is 0 Å². The van der Waals surface area contributed by atoms with Crippen LogP contribution < -0.4 is 10.6 Å². The molecule has 1 fully saturated rings. The molecule has 7 heteroatoms. The molecule has 0 radical (unpaired) electrons. The molecule has 2 aromatic carbocycles. The van der Waals surface area contributed by atoms with Gasteiger partial charge in [-0.3, -0.25) is 4.79 Å². The lowest BCUT2D eigenvalue weighted by Gasteiger charge is -2.23. The van der Waals surface area contributed by atoms with Crippen molar-refractivity contribution in [2.45, 2.75) is 57.5 Å². The number of fused-ring (bicyclic) bond motifs is 3. The van der Waals surface area contributed by atoms with Crippen molar-refractivity contribution in [2.75, 3.05) is 6.61 Å². The normalized spacial score (nSPS) is 19.9. The van der Waals surface area contributed by atoms with Crippen LogP contribution in [0.1, 0.15) is 56.6 Å². The smallest absolute Gasteiger partial charge is 0.407 e. The number of aliphatic carboxylic acids is 1. The highest BCUT2D eigenvalue weighted by Crippen LogP contribution is 2.44. The quantitative estimate of drug-likeness (QED) is 0.540. The maximum atomic E-state index is 12.7. The summed E-state index contributed by atoms with van der Waals surface area (Å²) < 4.78 is 5.65. The van der Waals surface area contributed by atoms with Gasteiger partial charge in [-0.05, 0) is 46.9 Å². The molecule has 4 rings (SSSR count). The van der Waals surface area contributed by atoms with Gasteiger partial charge in [-0.25, -0.2) is 9.59 Å². The molecule has 7 nitrogen and oxygen atoms in total. The van der Waals surface area contributed by atoms with Gasteiger partial charge >= 0.3 is 12.1 Å². The molecular weight excluding hydrogens is 432 g/mol. The van der Waals surface area contributed by atoms with Crippen molar-refractivity contribution in [1.29, 1.82) is 0 Å². The van der Waals surface area contributed by atoms with Crippen LogP contribution in [-0.4, -0.2) is 41.8 Å². The van der Waals surface area contributed by atoms with Crippen molar-refractivity contribution in [3.8, 4) is 11.1 Å². The second kappa shape index (κ2) is 10.3. The summed E-state index contributed by atoms with van der Waals surface area (Å²) in [5.74, 6) is -1.59. The molecule has 0 heterocycles. The number of carbonyl (C=O) groups is 3. The van der Waals surface area contributed by atoms with Gasteiger partial charge in [0, 0.05) is 18.4 Å². The maximum Gasteiger partial charge on any atom is 0.407 e. The number of carboxylic acid groups (broad SMARTS) is 1. The molecule has 1 saturated carbocycles. The average molecular weight is 465 g/mol. The van der Waals surface area contributed by atoms with E-state index in [4.69, 9.17) is 4.74 Å². The van der Waals surface area contributed by atoms with Gasteiger partial charge in [-0.2, -0.15) is 0 Å². The molecule has 2 aliphatic carbocycles. The molecule has 1 unspecified atom stereocenters. The molecule has 0 bridgehead atoms. The zero-order valence-corrected chi connectivity index (χ0v) is 19.6. The fraction of sp³-hybridized carbons (Fsp3) is 0.444. The molecule has 0 saturated heterocycles. The topological polar surface area (TPSA) is 105 Å². The number of carbonyl (C=O) groups excluding carboxylic acids is 2. The Kier molecular flexibility index (Phi) is 7.20. The molecular formula is C27H32N2O5. The summed E-state index contributed by atoms with van der Waals surface area (Å²) in [7, 11) is 0. The fourth-order valence-electron chi connectivity index (χ4n) is 5.25. The van der Waals surface area contributed by atoms with Gasteiger partial charge in [0.2, 0.25) is 5.91 Å². The summed E-state index contributed by atoms with van der Waals surface area (Å²) in [6.07, 6.45) is 2.18. The summed E-state index contributed by atoms with van der Waals surface area (Å²) >= 11 is 0. The van der Waals surface area contributed by atoms with E-state index >= 15 is 0 Å². The van der Waals surface area contributed by atoms with E-state index in [1.54, 1.807) is 13.8 Å². The fourth-order valence-corrected chi connectivity index (χ4v) is 5.25. The van der Waals surface area contributed by atoms with E-state index in [2.05, 4.69) is 34.9 Å². The number of alkyl carbamates (subject to hydrolysis) is 1. The molecule has 3 N–H and O–H groups in total. The van der Waals surface area contributed by atoms with Crippen LogP contribution in [0.5, 0.6) is 0 Å².